The zero-order valence-corrected chi connectivity index (χ0v) is 14.8. The second-order valence-corrected chi connectivity index (χ2v) is 7.77. The first-order chi connectivity index (χ1) is 10.8. The summed E-state index contributed by atoms with van der Waals surface area (Å²) in [5, 5.41) is 12.2. The molecule has 0 radical (unpaired) electrons. The summed E-state index contributed by atoms with van der Waals surface area (Å²) in [4.78, 5) is 5.77. The van der Waals surface area contributed by atoms with Gasteiger partial charge >= 0.3 is 0 Å². The van der Waals surface area contributed by atoms with Crippen molar-refractivity contribution in [3.63, 3.8) is 0 Å². The highest BCUT2D eigenvalue weighted by Crippen LogP contribution is 2.29. The molecule has 0 fully saturated rings. The number of aromatic nitrogens is 1. The third-order valence-corrected chi connectivity index (χ3v) is 4.43. The van der Waals surface area contributed by atoms with E-state index in [4.69, 9.17) is 16.3 Å². The lowest BCUT2D eigenvalue weighted by Crippen LogP contribution is -2.39. The number of nitrogens with one attached hydrogen (secondary N) is 1. The van der Waals surface area contributed by atoms with Crippen LogP contribution in [0.1, 0.15) is 32.0 Å². The van der Waals surface area contributed by atoms with Gasteiger partial charge in [-0.2, -0.15) is 0 Å². The molecule has 0 saturated carbocycles. The Hall–Kier alpha value is -1.07. The monoisotopic (exact) mass is 336 g/mol. The molecule has 0 aliphatic carbocycles. The number of ether oxygens (including phenoxy) is 1. The maximum absolute atomic E-state index is 10.2. The maximum Gasteiger partial charge on any atom is 0.0900 e. The van der Waals surface area contributed by atoms with Crippen molar-refractivity contribution in [2.24, 2.45) is 0 Å². The van der Waals surface area contributed by atoms with E-state index in [9.17, 15) is 5.11 Å². The lowest BCUT2D eigenvalue weighted by Gasteiger charge is -2.30. The first kappa shape index (κ1) is 16.8. The number of benzene rings is 1. The quantitative estimate of drug-likeness (QED) is 0.900. The second-order valence-electron chi connectivity index (χ2n) is 7.33. The summed E-state index contributed by atoms with van der Waals surface area (Å²) < 4.78 is 5.67. The molecule has 1 aliphatic rings. The number of β-amino-alcohol motifs (C(OH)–C–C–N with tert-alkyl or cyclic N) is 1. The molecule has 23 heavy (non-hydrogen) atoms. The molecule has 126 valence electrons. The number of rotatable bonds is 4. The van der Waals surface area contributed by atoms with E-state index in [0.29, 0.717) is 13.2 Å². The van der Waals surface area contributed by atoms with Crippen molar-refractivity contribution >= 4 is 22.5 Å². The highest BCUT2D eigenvalue weighted by molar-refractivity contribution is 6.31. The van der Waals surface area contributed by atoms with E-state index in [1.807, 2.05) is 39.0 Å². The summed E-state index contributed by atoms with van der Waals surface area (Å²) in [5.74, 6) is 0. The Labute approximate surface area is 142 Å². The fraction of sp³-hybridized carbons (Fsp3) is 0.556. The highest BCUT2D eigenvalue weighted by Gasteiger charge is 2.23. The number of aliphatic hydroxyl groups excluding tert-OH is 1. The Morgan fingerprint density at radius 3 is 2.91 bits per heavy atom. The van der Waals surface area contributed by atoms with Gasteiger partial charge in [0, 0.05) is 47.7 Å². The molecule has 0 amide bonds. The Morgan fingerprint density at radius 1 is 1.39 bits per heavy atom. The largest absolute Gasteiger partial charge is 0.389 e. The number of halogens is 1. The average Bonchev–Trinajstić information content (AvgIpc) is 2.82. The van der Waals surface area contributed by atoms with Crippen molar-refractivity contribution in [3.05, 3.63) is 34.5 Å². The van der Waals surface area contributed by atoms with Gasteiger partial charge in [-0.25, -0.2) is 0 Å². The molecule has 4 nitrogen and oxygen atoms in total. The number of fused-ring (bicyclic) bond motifs is 3. The smallest absolute Gasteiger partial charge is 0.0900 e. The second kappa shape index (κ2) is 6.44. The Morgan fingerprint density at radius 2 is 2.17 bits per heavy atom. The zero-order valence-electron chi connectivity index (χ0n) is 14.0. The summed E-state index contributed by atoms with van der Waals surface area (Å²) in [6, 6.07) is 5.97. The van der Waals surface area contributed by atoms with Gasteiger partial charge in [-0.3, -0.25) is 4.90 Å². The van der Waals surface area contributed by atoms with Gasteiger partial charge in [-0.05, 0) is 44.5 Å². The summed E-state index contributed by atoms with van der Waals surface area (Å²) in [5.41, 5.74) is 3.51. The number of aliphatic hydroxyl groups is 1. The number of nitrogens with zero attached hydrogens (tertiary/aromatic N) is 1. The van der Waals surface area contributed by atoms with Crippen molar-refractivity contribution in [1.29, 1.82) is 0 Å². The fourth-order valence-electron chi connectivity index (χ4n) is 3.10. The van der Waals surface area contributed by atoms with Crippen LogP contribution in [-0.4, -0.2) is 46.4 Å². The van der Waals surface area contributed by atoms with Crippen LogP contribution in [0.4, 0.5) is 0 Å². The molecule has 2 N–H and O–H groups in total. The maximum atomic E-state index is 10.2. The van der Waals surface area contributed by atoms with E-state index in [1.165, 1.54) is 16.6 Å². The van der Waals surface area contributed by atoms with Crippen LogP contribution in [-0.2, 0) is 17.7 Å². The van der Waals surface area contributed by atoms with Crippen molar-refractivity contribution in [2.75, 3.05) is 19.7 Å². The Bertz CT molecular complexity index is 690. The molecule has 3 rings (SSSR count). The van der Waals surface area contributed by atoms with E-state index in [-0.39, 0.29) is 5.60 Å². The van der Waals surface area contributed by atoms with Gasteiger partial charge < -0.3 is 14.8 Å². The van der Waals surface area contributed by atoms with Gasteiger partial charge in [0.1, 0.15) is 0 Å². The molecule has 1 aliphatic heterocycles. The summed E-state index contributed by atoms with van der Waals surface area (Å²) in [7, 11) is 0. The van der Waals surface area contributed by atoms with Crippen LogP contribution < -0.4 is 0 Å². The molecule has 0 saturated heterocycles. The molecule has 2 heterocycles. The predicted octanol–water partition coefficient (Wildman–Crippen LogP) is 3.36. The molecule has 0 bridgehead atoms. The highest BCUT2D eigenvalue weighted by atomic mass is 35.5. The minimum atomic E-state index is -0.468. The van der Waals surface area contributed by atoms with Crippen LogP contribution in [0.15, 0.2) is 18.2 Å². The molecule has 5 heteroatoms. The van der Waals surface area contributed by atoms with Gasteiger partial charge in [0.15, 0.2) is 0 Å². The van der Waals surface area contributed by atoms with E-state index < -0.39 is 6.10 Å². The Kier molecular flexibility index (Phi) is 4.70. The van der Waals surface area contributed by atoms with E-state index in [1.54, 1.807) is 0 Å². The number of hydrogen-bond donors (Lipinski definition) is 2. The van der Waals surface area contributed by atoms with Gasteiger partial charge in [0.05, 0.1) is 18.3 Å². The number of H-pyrrole nitrogens is 1. The molecular formula is C18H25ClN2O2. The summed E-state index contributed by atoms with van der Waals surface area (Å²) in [6.07, 6.45) is 0.499. The van der Waals surface area contributed by atoms with Gasteiger partial charge in [-0.15, -0.1) is 0 Å². The minimum Gasteiger partial charge on any atom is -0.389 e. The molecule has 1 aromatic carbocycles. The van der Waals surface area contributed by atoms with Crippen molar-refractivity contribution < 1.29 is 9.84 Å². The predicted molar refractivity (Wildman–Crippen MR) is 94.0 cm³/mol. The Balaban J connectivity index is 1.67. The molecule has 0 spiro atoms. The molecular weight excluding hydrogens is 312 g/mol. The minimum absolute atomic E-state index is 0.219. The van der Waals surface area contributed by atoms with Crippen LogP contribution >= 0.6 is 11.6 Å². The van der Waals surface area contributed by atoms with Crippen LogP contribution in [0.25, 0.3) is 10.9 Å². The summed E-state index contributed by atoms with van der Waals surface area (Å²) >= 11 is 6.14. The van der Waals surface area contributed by atoms with E-state index in [0.717, 1.165) is 30.0 Å². The lowest BCUT2D eigenvalue weighted by atomic mass is 10.0. The van der Waals surface area contributed by atoms with Gasteiger partial charge in [0.25, 0.3) is 0 Å². The first-order valence-electron chi connectivity index (χ1n) is 8.15. The number of aromatic amines is 1. The topological polar surface area (TPSA) is 48.5 Å². The van der Waals surface area contributed by atoms with Gasteiger partial charge in [-0.1, -0.05) is 11.6 Å². The fourth-order valence-corrected chi connectivity index (χ4v) is 3.27. The van der Waals surface area contributed by atoms with Crippen LogP contribution in [0, 0.1) is 0 Å². The zero-order chi connectivity index (χ0) is 16.6. The molecule has 2 aromatic rings. The van der Waals surface area contributed by atoms with E-state index >= 15 is 0 Å². The first-order valence-corrected chi connectivity index (χ1v) is 8.53. The molecule has 1 aromatic heterocycles. The molecule has 1 unspecified atom stereocenters. The third-order valence-electron chi connectivity index (χ3n) is 4.19. The average molecular weight is 337 g/mol. The van der Waals surface area contributed by atoms with Crippen LogP contribution in [0.3, 0.4) is 0 Å². The normalized spacial score (nSPS) is 17.4. The van der Waals surface area contributed by atoms with Crippen molar-refractivity contribution in [1.82, 2.24) is 9.88 Å². The molecule has 1 atom stereocenters. The standard InChI is InChI=1S/C18H25ClN2O2/c1-18(2,3)23-11-13(22)9-21-7-6-17-15(10-21)14-8-12(19)4-5-16(14)20-17/h4-5,8,13,20,22H,6-7,9-11H2,1-3H3. The van der Waals surface area contributed by atoms with Crippen molar-refractivity contribution in [3.8, 4) is 0 Å². The SMILES string of the molecule is CC(C)(C)OCC(O)CN1CCc2[nH]c3ccc(Cl)cc3c2C1. The summed E-state index contributed by atoms with van der Waals surface area (Å²) in [6.45, 7) is 8.78. The number of hydrogen-bond acceptors (Lipinski definition) is 3. The van der Waals surface area contributed by atoms with E-state index in [2.05, 4.69) is 9.88 Å². The van der Waals surface area contributed by atoms with Crippen molar-refractivity contribution in [2.45, 2.75) is 45.4 Å². The van der Waals surface area contributed by atoms with Crippen LogP contribution in [0.2, 0.25) is 5.02 Å². The van der Waals surface area contributed by atoms with Gasteiger partial charge in [0.2, 0.25) is 0 Å². The third kappa shape index (κ3) is 4.07. The van der Waals surface area contributed by atoms with Crippen LogP contribution in [0.5, 0.6) is 0 Å². The lowest BCUT2D eigenvalue weighted by molar-refractivity contribution is -0.0569.